The molecular weight excluding hydrogens is 250 g/mol. The third kappa shape index (κ3) is 3.99. The highest BCUT2D eigenvalue weighted by Gasteiger charge is 2.07. The summed E-state index contributed by atoms with van der Waals surface area (Å²) in [5.74, 6) is 0.0747. The van der Waals surface area contributed by atoms with Crippen molar-refractivity contribution in [1.29, 1.82) is 0 Å². The summed E-state index contributed by atoms with van der Waals surface area (Å²) in [6, 6.07) is 16.4. The predicted octanol–water partition coefficient (Wildman–Crippen LogP) is 3.28. The molecule has 0 aliphatic carbocycles. The van der Waals surface area contributed by atoms with E-state index in [1.807, 2.05) is 37.3 Å². The number of rotatable bonds is 4. The van der Waals surface area contributed by atoms with E-state index in [1.54, 1.807) is 30.3 Å². The molecule has 3 nitrogen and oxygen atoms in total. The third-order valence-electron chi connectivity index (χ3n) is 2.98. The summed E-state index contributed by atoms with van der Waals surface area (Å²) >= 11 is 0. The highest BCUT2D eigenvalue weighted by atomic mass is 16.3. The van der Waals surface area contributed by atoms with Crippen LogP contribution in [0, 0.1) is 0 Å². The van der Waals surface area contributed by atoms with Crippen molar-refractivity contribution < 1.29 is 9.90 Å². The zero-order valence-corrected chi connectivity index (χ0v) is 11.3. The second-order valence-corrected chi connectivity index (χ2v) is 4.57. The van der Waals surface area contributed by atoms with E-state index in [0.29, 0.717) is 0 Å². The number of phenolic OH excluding ortho intramolecular Hbond substituents is 1. The number of benzene rings is 2. The van der Waals surface area contributed by atoms with Crippen LogP contribution in [0.3, 0.4) is 0 Å². The summed E-state index contributed by atoms with van der Waals surface area (Å²) in [4.78, 5) is 11.8. The molecule has 2 rings (SSSR count). The second-order valence-electron chi connectivity index (χ2n) is 4.57. The Morgan fingerprint density at radius 1 is 1.10 bits per heavy atom. The Hall–Kier alpha value is -2.55. The lowest BCUT2D eigenvalue weighted by atomic mass is 10.1. The van der Waals surface area contributed by atoms with E-state index in [9.17, 15) is 9.90 Å². The predicted molar refractivity (Wildman–Crippen MR) is 80.1 cm³/mol. The first kappa shape index (κ1) is 13.9. The van der Waals surface area contributed by atoms with Crippen LogP contribution in [-0.2, 0) is 4.79 Å². The summed E-state index contributed by atoms with van der Waals surface area (Å²) in [7, 11) is 0. The Bertz CT molecular complexity index is 588. The van der Waals surface area contributed by atoms with Crippen LogP contribution in [0.25, 0.3) is 6.08 Å². The Morgan fingerprint density at radius 3 is 2.40 bits per heavy atom. The van der Waals surface area contributed by atoms with Gasteiger partial charge in [0.15, 0.2) is 0 Å². The molecule has 2 aromatic carbocycles. The molecule has 2 aromatic rings. The fraction of sp³-hybridized carbons (Fsp3) is 0.118. The first-order chi connectivity index (χ1) is 9.65. The first-order valence-corrected chi connectivity index (χ1v) is 6.48. The van der Waals surface area contributed by atoms with E-state index >= 15 is 0 Å². The van der Waals surface area contributed by atoms with Gasteiger partial charge in [-0.25, -0.2) is 0 Å². The number of hydrogen-bond donors (Lipinski definition) is 2. The molecule has 20 heavy (non-hydrogen) atoms. The number of phenols is 1. The van der Waals surface area contributed by atoms with Crippen LogP contribution in [0.1, 0.15) is 24.1 Å². The third-order valence-corrected chi connectivity index (χ3v) is 2.98. The summed E-state index contributed by atoms with van der Waals surface area (Å²) in [6.45, 7) is 1.90. The van der Waals surface area contributed by atoms with Crippen LogP contribution in [0.4, 0.5) is 0 Å². The van der Waals surface area contributed by atoms with Gasteiger partial charge < -0.3 is 10.4 Å². The van der Waals surface area contributed by atoms with Crippen molar-refractivity contribution in [1.82, 2.24) is 5.32 Å². The highest BCUT2D eigenvalue weighted by molar-refractivity contribution is 5.91. The molecule has 0 heterocycles. The molecule has 0 aromatic heterocycles. The summed E-state index contributed by atoms with van der Waals surface area (Å²) in [5.41, 5.74) is 1.93. The molecule has 0 radical (unpaired) electrons. The number of nitrogens with one attached hydrogen (secondary N) is 1. The van der Waals surface area contributed by atoms with Crippen LogP contribution < -0.4 is 5.32 Å². The van der Waals surface area contributed by atoms with Crippen molar-refractivity contribution in [3.05, 3.63) is 71.8 Å². The Morgan fingerprint density at radius 2 is 1.75 bits per heavy atom. The fourth-order valence-corrected chi connectivity index (χ4v) is 1.84. The molecule has 1 atom stereocenters. The first-order valence-electron chi connectivity index (χ1n) is 6.48. The van der Waals surface area contributed by atoms with Gasteiger partial charge in [0.25, 0.3) is 0 Å². The Kier molecular flexibility index (Phi) is 4.56. The van der Waals surface area contributed by atoms with Gasteiger partial charge in [-0.15, -0.1) is 0 Å². The maximum Gasteiger partial charge on any atom is 0.244 e. The lowest BCUT2D eigenvalue weighted by Gasteiger charge is -2.12. The van der Waals surface area contributed by atoms with Crippen molar-refractivity contribution in [2.24, 2.45) is 0 Å². The van der Waals surface area contributed by atoms with Crippen LogP contribution in [0.2, 0.25) is 0 Å². The monoisotopic (exact) mass is 267 g/mol. The number of carbonyl (C=O) groups excluding carboxylic acids is 1. The van der Waals surface area contributed by atoms with E-state index < -0.39 is 0 Å². The minimum Gasteiger partial charge on any atom is -0.508 e. The standard InChI is InChI=1S/C17H17NO2/c1-13(15-8-10-16(19)11-9-15)18-17(20)12-7-14-5-3-2-4-6-14/h2-13,19H,1H3,(H,18,20). The molecule has 1 amide bonds. The molecule has 0 bridgehead atoms. The zero-order chi connectivity index (χ0) is 14.4. The lowest BCUT2D eigenvalue weighted by molar-refractivity contribution is -0.117. The molecule has 0 spiro atoms. The number of hydrogen-bond acceptors (Lipinski definition) is 2. The van der Waals surface area contributed by atoms with E-state index in [0.717, 1.165) is 11.1 Å². The smallest absolute Gasteiger partial charge is 0.244 e. The summed E-state index contributed by atoms with van der Waals surface area (Å²) in [6.07, 6.45) is 3.30. The van der Waals surface area contributed by atoms with Gasteiger partial charge in [0.05, 0.1) is 6.04 Å². The SMILES string of the molecule is CC(NC(=O)C=Cc1ccccc1)c1ccc(O)cc1. The quantitative estimate of drug-likeness (QED) is 0.835. The van der Waals surface area contributed by atoms with Crippen molar-refractivity contribution >= 4 is 12.0 Å². The van der Waals surface area contributed by atoms with E-state index in [2.05, 4.69) is 5.32 Å². The van der Waals surface area contributed by atoms with Gasteiger partial charge in [-0.3, -0.25) is 4.79 Å². The normalized spacial score (nSPS) is 12.2. The average molecular weight is 267 g/mol. The van der Waals surface area contributed by atoms with Gasteiger partial charge in [0.1, 0.15) is 5.75 Å². The van der Waals surface area contributed by atoms with Gasteiger partial charge in [-0.1, -0.05) is 42.5 Å². The molecule has 1 unspecified atom stereocenters. The van der Waals surface area contributed by atoms with E-state index in [1.165, 1.54) is 6.08 Å². The van der Waals surface area contributed by atoms with Crippen LogP contribution in [-0.4, -0.2) is 11.0 Å². The molecule has 102 valence electrons. The van der Waals surface area contributed by atoms with Crippen molar-refractivity contribution in [2.45, 2.75) is 13.0 Å². The minimum atomic E-state index is -0.144. The number of aromatic hydroxyl groups is 1. The van der Waals surface area contributed by atoms with Gasteiger partial charge in [-0.2, -0.15) is 0 Å². The molecule has 0 saturated carbocycles. The minimum absolute atomic E-state index is 0.108. The fourth-order valence-electron chi connectivity index (χ4n) is 1.84. The molecule has 0 saturated heterocycles. The highest BCUT2D eigenvalue weighted by Crippen LogP contribution is 2.16. The van der Waals surface area contributed by atoms with E-state index in [4.69, 9.17) is 0 Å². The van der Waals surface area contributed by atoms with Crippen LogP contribution in [0.5, 0.6) is 5.75 Å². The Balaban J connectivity index is 1.94. The van der Waals surface area contributed by atoms with Crippen molar-refractivity contribution in [3.8, 4) is 5.75 Å². The van der Waals surface area contributed by atoms with Gasteiger partial charge in [0.2, 0.25) is 5.91 Å². The van der Waals surface area contributed by atoms with Crippen LogP contribution >= 0.6 is 0 Å². The summed E-state index contributed by atoms with van der Waals surface area (Å²) in [5, 5.41) is 12.1. The van der Waals surface area contributed by atoms with Gasteiger partial charge in [-0.05, 0) is 36.3 Å². The number of carbonyl (C=O) groups is 1. The van der Waals surface area contributed by atoms with Gasteiger partial charge >= 0.3 is 0 Å². The Labute approximate surface area is 118 Å². The van der Waals surface area contributed by atoms with E-state index in [-0.39, 0.29) is 17.7 Å². The van der Waals surface area contributed by atoms with Crippen molar-refractivity contribution in [3.63, 3.8) is 0 Å². The molecular formula is C17H17NO2. The summed E-state index contributed by atoms with van der Waals surface area (Å²) < 4.78 is 0. The van der Waals surface area contributed by atoms with Gasteiger partial charge in [0, 0.05) is 6.08 Å². The van der Waals surface area contributed by atoms with Crippen LogP contribution in [0.15, 0.2) is 60.7 Å². The molecule has 3 heteroatoms. The molecule has 0 fully saturated rings. The average Bonchev–Trinajstić information content (AvgIpc) is 2.47. The maximum absolute atomic E-state index is 11.8. The topological polar surface area (TPSA) is 49.3 Å². The maximum atomic E-state index is 11.8. The second kappa shape index (κ2) is 6.57. The van der Waals surface area contributed by atoms with Crippen molar-refractivity contribution in [2.75, 3.05) is 0 Å². The lowest BCUT2D eigenvalue weighted by Crippen LogP contribution is -2.24. The molecule has 0 aliphatic heterocycles. The number of amides is 1. The molecule has 2 N–H and O–H groups in total. The zero-order valence-electron chi connectivity index (χ0n) is 11.3. The largest absolute Gasteiger partial charge is 0.508 e. The molecule has 0 aliphatic rings.